The zero-order valence-electron chi connectivity index (χ0n) is 12.1. The monoisotopic (exact) mass is 252 g/mol. The molecule has 1 aromatic rings. The molecule has 0 aliphatic rings. The maximum atomic E-state index is 11.9. The predicted octanol–water partition coefficient (Wildman–Crippen LogP) is 1.91. The average molecular weight is 252 g/mol. The number of carbonyl (C=O) groups excluding carboxylic acids is 1. The molecule has 1 amide bonds. The molecule has 102 valence electrons. The smallest absolute Gasteiger partial charge is 0.222 e. The summed E-state index contributed by atoms with van der Waals surface area (Å²) in [4.78, 5) is 13.7. The minimum absolute atomic E-state index is 0.169. The highest BCUT2D eigenvalue weighted by Gasteiger charge is 2.11. The minimum atomic E-state index is 0.169. The Bertz CT molecular complexity index is 384. The van der Waals surface area contributed by atoms with Crippen LogP contribution in [-0.4, -0.2) is 39.4 Å². The molecule has 0 N–H and O–H groups in total. The quantitative estimate of drug-likeness (QED) is 0.777. The molecule has 1 rings (SSSR count). The van der Waals surface area contributed by atoms with Gasteiger partial charge in [0.15, 0.2) is 0 Å². The number of rotatable bonds is 6. The van der Waals surface area contributed by atoms with Crippen molar-refractivity contribution in [3.63, 3.8) is 0 Å². The van der Waals surface area contributed by atoms with E-state index in [1.807, 2.05) is 17.9 Å². The summed E-state index contributed by atoms with van der Waals surface area (Å²) in [5.74, 6) is 0.670. The van der Waals surface area contributed by atoms with Crippen molar-refractivity contribution in [2.45, 2.75) is 46.6 Å². The average Bonchev–Trinajstić information content (AvgIpc) is 2.73. The van der Waals surface area contributed by atoms with Gasteiger partial charge in [-0.1, -0.05) is 19.1 Å². The molecule has 0 bridgehead atoms. The molecule has 18 heavy (non-hydrogen) atoms. The van der Waals surface area contributed by atoms with Crippen molar-refractivity contribution in [3.8, 4) is 0 Å². The molecule has 5 heteroatoms. The first-order chi connectivity index (χ1) is 8.40. The van der Waals surface area contributed by atoms with Gasteiger partial charge in [-0.05, 0) is 19.8 Å². The van der Waals surface area contributed by atoms with Crippen LogP contribution in [0.3, 0.4) is 0 Å². The molecular weight excluding hydrogens is 228 g/mol. The van der Waals surface area contributed by atoms with E-state index in [2.05, 4.69) is 38.0 Å². The Labute approximate surface area is 109 Å². The van der Waals surface area contributed by atoms with Gasteiger partial charge >= 0.3 is 0 Å². The molecule has 0 saturated heterocycles. The van der Waals surface area contributed by atoms with Crippen LogP contribution in [0.1, 0.15) is 45.9 Å². The summed E-state index contributed by atoms with van der Waals surface area (Å²) in [6, 6.07) is 0.311. The third-order valence-corrected chi connectivity index (χ3v) is 2.75. The van der Waals surface area contributed by atoms with Gasteiger partial charge in [0, 0.05) is 38.7 Å². The van der Waals surface area contributed by atoms with Crippen molar-refractivity contribution in [2.75, 3.05) is 13.6 Å². The highest BCUT2D eigenvalue weighted by atomic mass is 16.2. The first kappa shape index (κ1) is 14.7. The molecule has 0 radical (unpaired) electrons. The topological polar surface area (TPSA) is 51.0 Å². The third kappa shape index (κ3) is 4.47. The van der Waals surface area contributed by atoms with E-state index in [1.165, 1.54) is 0 Å². The molecule has 0 aromatic carbocycles. The van der Waals surface area contributed by atoms with Gasteiger partial charge in [0.05, 0.1) is 5.69 Å². The summed E-state index contributed by atoms with van der Waals surface area (Å²) < 4.78 is 1.82. The summed E-state index contributed by atoms with van der Waals surface area (Å²) in [6.07, 6.45) is 3.08. The molecular formula is C13H24N4O. The van der Waals surface area contributed by atoms with E-state index in [4.69, 9.17) is 0 Å². The van der Waals surface area contributed by atoms with Crippen molar-refractivity contribution in [1.29, 1.82) is 0 Å². The number of carbonyl (C=O) groups is 1. The third-order valence-electron chi connectivity index (χ3n) is 2.75. The first-order valence-corrected chi connectivity index (χ1v) is 6.54. The highest BCUT2D eigenvalue weighted by Crippen LogP contribution is 2.06. The first-order valence-electron chi connectivity index (χ1n) is 6.54. The van der Waals surface area contributed by atoms with E-state index in [9.17, 15) is 4.79 Å². The number of hydrogen-bond donors (Lipinski definition) is 0. The molecule has 0 aliphatic carbocycles. The Morgan fingerprint density at radius 3 is 2.56 bits per heavy atom. The Morgan fingerprint density at radius 2 is 2.06 bits per heavy atom. The molecule has 0 unspecified atom stereocenters. The van der Waals surface area contributed by atoms with Crippen LogP contribution < -0.4 is 0 Å². The Morgan fingerprint density at radius 1 is 1.39 bits per heavy atom. The van der Waals surface area contributed by atoms with E-state index in [1.54, 1.807) is 4.90 Å². The van der Waals surface area contributed by atoms with Crippen molar-refractivity contribution in [2.24, 2.45) is 5.92 Å². The Balaban J connectivity index is 2.42. The van der Waals surface area contributed by atoms with Gasteiger partial charge in [0.25, 0.3) is 0 Å². The number of amides is 1. The Kier molecular flexibility index (Phi) is 5.31. The summed E-state index contributed by atoms with van der Waals surface area (Å²) in [5, 5.41) is 8.10. The summed E-state index contributed by atoms with van der Waals surface area (Å²) in [6.45, 7) is 9.13. The van der Waals surface area contributed by atoms with E-state index in [-0.39, 0.29) is 5.91 Å². The lowest BCUT2D eigenvalue weighted by Gasteiger charge is -2.18. The molecule has 1 aromatic heterocycles. The number of nitrogens with zero attached hydrogens (tertiary/aromatic N) is 4. The zero-order chi connectivity index (χ0) is 13.7. The maximum absolute atomic E-state index is 11.9. The maximum Gasteiger partial charge on any atom is 0.222 e. The standard InChI is InChI=1S/C13H24N4O/c1-10(2)8-16(5)13(18)7-6-12-9-17(11(3)4)15-14-12/h9-11H,6-8H2,1-5H3. The number of hydrogen-bond acceptors (Lipinski definition) is 3. The lowest BCUT2D eigenvalue weighted by Crippen LogP contribution is -2.30. The number of aryl methyl sites for hydroxylation is 1. The Hall–Kier alpha value is -1.39. The van der Waals surface area contributed by atoms with Crippen molar-refractivity contribution >= 4 is 5.91 Å². The second kappa shape index (κ2) is 6.52. The summed E-state index contributed by atoms with van der Waals surface area (Å²) in [7, 11) is 1.85. The summed E-state index contributed by atoms with van der Waals surface area (Å²) >= 11 is 0. The highest BCUT2D eigenvalue weighted by molar-refractivity contribution is 5.76. The van der Waals surface area contributed by atoms with Crippen LogP contribution in [0.4, 0.5) is 0 Å². The second-order valence-electron chi connectivity index (χ2n) is 5.45. The SMILES string of the molecule is CC(C)CN(C)C(=O)CCc1cn(C(C)C)nn1. The zero-order valence-corrected chi connectivity index (χ0v) is 12.1. The van der Waals surface area contributed by atoms with Crippen LogP contribution in [0.25, 0.3) is 0 Å². The normalized spacial score (nSPS) is 11.3. The van der Waals surface area contributed by atoms with Gasteiger partial charge in [-0.25, -0.2) is 4.68 Å². The molecule has 5 nitrogen and oxygen atoms in total. The van der Waals surface area contributed by atoms with Crippen LogP contribution >= 0.6 is 0 Å². The minimum Gasteiger partial charge on any atom is -0.345 e. The van der Waals surface area contributed by atoms with Crippen molar-refractivity contribution in [1.82, 2.24) is 19.9 Å². The van der Waals surface area contributed by atoms with Gasteiger partial charge in [-0.15, -0.1) is 5.10 Å². The van der Waals surface area contributed by atoms with Crippen molar-refractivity contribution in [3.05, 3.63) is 11.9 Å². The van der Waals surface area contributed by atoms with Crippen LogP contribution in [-0.2, 0) is 11.2 Å². The molecule has 0 aliphatic heterocycles. The fourth-order valence-corrected chi connectivity index (χ4v) is 1.76. The van der Waals surface area contributed by atoms with Crippen LogP contribution in [0, 0.1) is 5.92 Å². The van der Waals surface area contributed by atoms with Gasteiger partial charge < -0.3 is 4.90 Å². The largest absolute Gasteiger partial charge is 0.345 e. The fourth-order valence-electron chi connectivity index (χ4n) is 1.76. The fraction of sp³-hybridized carbons (Fsp3) is 0.769. The van der Waals surface area contributed by atoms with Crippen LogP contribution in [0.5, 0.6) is 0 Å². The lowest BCUT2D eigenvalue weighted by molar-refractivity contribution is -0.130. The van der Waals surface area contributed by atoms with E-state index in [0.717, 1.165) is 12.2 Å². The van der Waals surface area contributed by atoms with E-state index in [0.29, 0.717) is 24.8 Å². The predicted molar refractivity (Wildman–Crippen MR) is 71.2 cm³/mol. The lowest BCUT2D eigenvalue weighted by atomic mass is 10.2. The molecule has 0 fully saturated rings. The van der Waals surface area contributed by atoms with Gasteiger partial charge in [-0.3, -0.25) is 4.79 Å². The van der Waals surface area contributed by atoms with Gasteiger partial charge in [0.1, 0.15) is 0 Å². The molecule has 0 atom stereocenters. The molecule has 0 saturated carbocycles. The van der Waals surface area contributed by atoms with Crippen LogP contribution in [0.2, 0.25) is 0 Å². The number of aromatic nitrogens is 3. The van der Waals surface area contributed by atoms with E-state index < -0.39 is 0 Å². The molecule has 1 heterocycles. The van der Waals surface area contributed by atoms with Gasteiger partial charge in [-0.2, -0.15) is 0 Å². The van der Waals surface area contributed by atoms with Gasteiger partial charge in [0.2, 0.25) is 5.91 Å². The van der Waals surface area contributed by atoms with E-state index >= 15 is 0 Å². The second-order valence-corrected chi connectivity index (χ2v) is 5.45. The van der Waals surface area contributed by atoms with Crippen LogP contribution in [0.15, 0.2) is 6.20 Å². The summed E-state index contributed by atoms with van der Waals surface area (Å²) in [5.41, 5.74) is 0.884. The molecule has 0 spiro atoms. The van der Waals surface area contributed by atoms with Crippen molar-refractivity contribution < 1.29 is 4.79 Å².